The zero-order valence-corrected chi connectivity index (χ0v) is 14.0. The van der Waals surface area contributed by atoms with Crippen LogP contribution in [-0.4, -0.2) is 10.8 Å². The maximum atomic E-state index is 13.0. The van der Waals surface area contributed by atoms with E-state index in [2.05, 4.69) is 0 Å². The number of rotatable bonds is 4. The van der Waals surface area contributed by atoms with Crippen molar-refractivity contribution >= 4 is 35.0 Å². The minimum atomic E-state index is -4.70. The molecule has 0 aliphatic heterocycles. The van der Waals surface area contributed by atoms with E-state index in [9.17, 15) is 28.1 Å². The van der Waals surface area contributed by atoms with Crippen molar-refractivity contribution in [2.75, 3.05) is 5.32 Å². The number of nitro benzene ring substituents is 1. The highest BCUT2D eigenvalue weighted by Gasteiger charge is 2.33. The monoisotopic (exact) mass is 395 g/mol. The smallest absolute Gasteiger partial charge is 0.321 e. The van der Waals surface area contributed by atoms with E-state index in [4.69, 9.17) is 16.9 Å². The largest absolute Gasteiger partial charge is 0.418 e. The Morgan fingerprint density at radius 1 is 1.26 bits per heavy atom. The molecule has 0 bridgehead atoms. The first-order valence-corrected chi connectivity index (χ1v) is 7.54. The lowest BCUT2D eigenvalue weighted by molar-refractivity contribution is -0.384. The Hall–Kier alpha value is -3.38. The maximum Gasteiger partial charge on any atom is 0.418 e. The second kappa shape index (κ2) is 7.88. The van der Waals surface area contributed by atoms with Gasteiger partial charge in [-0.2, -0.15) is 18.4 Å². The minimum absolute atomic E-state index is 0.00155. The molecule has 0 saturated carbocycles. The van der Waals surface area contributed by atoms with Crippen molar-refractivity contribution in [2.24, 2.45) is 0 Å². The number of para-hydroxylation sites is 1. The van der Waals surface area contributed by atoms with Crippen LogP contribution in [-0.2, 0) is 11.0 Å². The molecular weight excluding hydrogens is 387 g/mol. The van der Waals surface area contributed by atoms with Crippen molar-refractivity contribution in [1.29, 1.82) is 5.26 Å². The van der Waals surface area contributed by atoms with Crippen LogP contribution in [0.4, 0.5) is 24.5 Å². The number of halogens is 4. The van der Waals surface area contributed by atoms with E-state index in [1.54, 1.807) is 6.07 Å². The van der Waals surface area contributed by atoms with Gasteiger partial charge in [0.15, 0.2) is 0 Å². The Balaban J connectivity index is 2.39. The molecule has 0 heterocycles. The number of hydrogen-bond acceptors (Lipinski definition) is 4. The summed E-state index contributed by atoms with van der Waals surface area (Å²) in [5.74, 6) is -1.11. The van der Waals surface area contributed by atoms with E-state index in [1.165, 1.54) is 12.1 Å². The lowest BCUT2D eigenvalue weighted by Gasteiger charge is -2.13. The van der Waals surface area contributed by atoms with Gasteiger partial charge in [-0.15, -0.1) is 0 Å². The van der Waals surface area contributed by atoms with Crippen molar-refractivity contribution in [3.63, 3.8) is 0 Å². The van der Waals surface area contributed by atoms with Crippen LogP contribution < -0.4 is 5.32 Å². The third-order valence-corrected chi connectivity index (χ3v) is 3.68. The standard InChI is InChI=1S/C17H9ClF3N3O3/c18-14-6-5-12(24(26)27)8-10(14)7-11(9-22)16(25)23-15-4-2-1-3-13(15)17(19,20)21/h1-8H,(H,23,25)/b11-7+. The molecule has 6 nitrogen and oxygen atoms in total. The van der Waals surface area contributed by atoms with Crippen molar-refractivity contribution in [3.05, 3.63) is 74.3 Å². The Morgan fingerprint density at radius 2 is 1.93 bits per heavy atom. The number of benzene rings is 2. The fraction of sp³-hybridized carbons (Fsp3) is 0.0588. The van der Waals surface area contributed by atoms with Gasteiger partial charge < -0.3 is 5.32 Å². The van der Waals surface area contributed by atoms with E-state index in [0.29, 0.717) is 0 Å². The van der Waals surface area contributed by atoms with Gasteiger partial charge in [0.25, 0.3) is 11.6 Å². The van der Waals surface area contributed by atoms with Crippen LogP contribution in [0.2, 0.25) is 5.02 Å². The molecule has 0 radical (unpaired) electrons. The summed E-state index contributed by atoms with van der Waals surface area (Å²) in [4.78, 5) is 22.3. The molecule has 2 aromatic carbocycles. The number of nitro groups is 1. The molecule has 1 amide bonds. The zero-order valence-electron chi connectivity index (χ0n) is 13.2. The zero-order chi connectivity index (χ0) is 20.2. The molecule has 138 valence electrons. The Kier molecular flexibility index (Phi) is 5.82. The lowest BCUT2D eigenvalue weighted by atomic mass is 10.1. The molecule has 0 unspecified atom stereocenters. The molecule has 0 spiro atoms. The van der Waals surface area contributed by atoms with Crippen molar-refractivity contribution < 1.29 is 22.9 Å². The maximum absolute atomic E-state index is 13.0. The number of alkyl halides is 3. The summed E-state index contributed by atoms with van der Waals surface area (Å²) >= 11 is 5.89. The van der Waals surface area contributed by atoms with Gasteiger partial charge in [0.05, 0.1) is 16.2 Å². The normalized spacial score (nSPS) is 11.6. The summed E-state index contributed by atoms with van der Waals surface area (Å²) < 4.78 is 39.0. The predicted octanol–water partition coefficient (Wildman–Crippen LogP) is 4.81. The van der Waals surface area contributed by atoms with Crippen molar-refractivity contribution in [2.45, 2.75) is 6.18 Å². The Labute approximate surface area is 155 Å². The Bertz CT molecular complexity index is 981. The fourth-order valence-electron chi connectivity index (χ4n) is 2.09. The predicted molar refractivity (Wildman–Crippen MR) is 91.8 cm³/mol. The van der Waals surface area contributed by atoms with Crippen LogP contribution in [0.3, 0.4) is 0 Å². The third kappa shape index (κ3) is 4.83. The molecule has 0 aliphatic carbocycles. The summed E-state index contributed by atoms with van der Waals surface area (Å²) in [7, 11) is 0. The first-order chi connectivity index (χ1) is 12.6. The number of anilines is 1. The fourth-order valence-corrected chi connectivity index (χ4v) is 2.26. The van der Waals surface area contributed by atoms with Crippen LogP contribution in [0.1, 0.15) is 11.1 Å². The molecular formula is C17H9ClF3N3O3. The number of non-ortho nitro benzene ring substituents is 1. The van der Waals surface area contributed by atoms with E-state index >= 15 is 0 Å². The van der Waals surface area contributed by atoms with Crippen molar-refractivity contribution in [1.82, 2.24) is 0 Å². The van der Waals surface area contributed by atoms with Crippen LogP contribution in [0.5, 0.6) is 0 Å². The molecule has 2 rings (SSSR count). The second-order valence-electron chi connectivity index (χ2n) is 5.13. The first-order valence-electron chi connectivity index (χ1n) is 7.17. The highest BCUT2D eigenvalue weighted by molar-refractivity contribution is 6.32. The SMILES string of the molecule is N#C/C(=C\c1cc([N+](=O)[O-])ccc1Cl)C(=O)Nc1ccccc1C(F)(F)F. The minimum Gasteiger partial charge on any atom is -0.321 e. The molecule has 0 aromatic heterocycles. The Morgan fingerprint density at radius 3 is 2.52 bits per heavy atom. The van der Waals surface area contributed by atoms with Crippen LogP contribution in [0.15, 0.2) is 48.0 Å². The topological polar surface area (TPSA) is 96.0 Å². The number of carbonyl (C=O) groups is 1. The number of nitrogens with zero attached hydrogens (tertiary/aromatic N) is 2. The van der Waals surface area contributed by atoms with E-state index in [0.717, 1.165) is 36.4 Å². The van der Waals surface area contributed by atoms with Gasteiger partial charge in [-0.05, 0) is 24.3 Å². The molecule has 1 N–H and O–H groups in total. The summed E-state index contributed by atoms with van der Waals surface area (Å²) in [6, 6.07) is 9.18. The highest BCUT2D eigenvalue weighted by Crippen LogP contribution is 2.34. The number of hydrogen-bond donors (Lipinski definition) is 1. The van der Waals surface area contributed by atoms with Gasteiger partial charge in [-0.3, -0.25) is 14.9 Å². The third-order valence-electron chi connectivity index (χ3n) is 3.34. The van der Waals surface area contributed by atoms with Gasteiger partial charge in [0, 0.05) is 22.7 Å². The van der Waals surface area contributed by atoms with Gasteiger partial charge in [0.1, 0.15) is 11.6 Å². The number of nitriles is 1. The van der Waals surface area contributed by atoms with E-state index in [1.807, 2.05) is 5.32 Å². The van der Waals surface area contributed by atoms with Crippen LogP contribution in [0, 0.1) is 21.4 Å². The summed E-state index contributed by atoms with van der Waals surface area (Å²) in [5, 5.41) is 22.0. The molecule has 10 heteroatoms. The summed E-state index contributed by atoms with van der Waals surface area (Å²) in [6.45, 7) is 0. The highest BCUT2D eigenvalue weighted by atomic mass is 35.5. The summed E-state index contributed by atoms with van der Waals surface area (Å²) in [6.07, 6.45) is -3.75. The molecule has 0 atom stereocenters. The molecule has 0 saturated heterocycles. The van der Waals surface area contributed by atoms with Crippen LogP contribution >= 0.6 is 11.6 Å². The molecule has 0 fully saturated rings. The number of carbonyl (C=O) groups excluding carboxylic acids is 1. The average molecular weight is 396 g/mol. The van der Waals surface area contributed by atoms with Gasteiger partial charge in [-0.1, -0.05) is 23.7 Å². The quantitative estimate of drug-likeness (QED) is 0.347. The summed E-state index contributed by atoms with van der Waals surface area (Å²) in [5.41, 5.74) is -2.51. The molecule has 2 aromatic rings. The van der Waals surface area contributed by atoms with E-state index < -0.39 is 33.8 Å². The number of nitrogens with one attached hydrogen (secondary N) is 1. The number of amides is 1. The van der Waals surface area contributed by atoms with Gasteiger partial charge >= 0.3 is 6.18 Å². The first kappa shape index (κ1) is 19.9. The molecule has 0 aliphatic rings. The van der Waals surface area contributed by atoms with E-state index in [-0.39, 0.29) is 16.3 Å². The van der Waals surface area contributed by atoms with Gasteiger partial charge in [0.2, 0.25) is 0 Å². The lowest BCUT2D eigenvalue weighted by Crippen LogP contribution is -2.17. The molecule has 27 heavy (non-hydrogen) atoms. The second-order valence-corrected chi connectivity index (χ2v) is 5.54. The van der Waals surface area contributed by atoms with Gasteiger partial charge in [-0.25, -0.2) is 0 Å². The van der Waals surface area contributed by atoms with Crippen molar-refractivity contribution in [3.8, 4) is 6.07 Å². The average Bonchev–Trinajstić information content (AvgIpc) is 2.60. The van der Waals surface area contributed by atoms with Crippen LogP contribution in [0.25, 0.3) is 6.08 Å².